The molecule has 0 aliphatic heterocycles. The second-order valence-electron chi connectivity index (χ2n) is 0.794. The van der Waals surface area contributed by atoms with Crippen molar-refractivity contribution in [3.63, 3.8) is 0 Å². The normalized spacial score (nSPS) is 8.00. The van der Waals surface area contributed by atoms with Crippen molar-refractivity contribution >= 4 is 0 Å². The van der Waals surface area contributed by atoms with E-state index in [-0.39, 0.29) is 0 Å². The van der Waals surface area contributed by atoms with Crippen molar-refractivity contribution in [2.45, 2.75) is 6.92 Å². The lowest BCUT2D eigenvalue weighted by Gasteiger charge is -1.73. The summed E-state index contributed by atoms with van der Waals surface area (Å²) < 4.78 is 32.3. The fourth-order valence-electron chi connectivity index (χ4n) is 0. The first kappa shape index (κ1) is 5.53. The van der Waals surface area contributed by atoms with E-state index in [1.807, 2.05) is 0 Å². The molecule has 0 radical (unpaired) electrons. The zero-order chi connectivity index (χ0) is 5.15. The van der Waals surface area contributed by atoms with E-state index in [1.165, 1.54) is 0 Å². The van der Waals surface area contributed by atoms with E-state index in [2.05, 4.69) is 0 Å². The van der Waals surface area contributed by atoms with Gasteiger partial charge >= 0.3 is 6.08 Å². The van der Waals surface area contributed by atoms with E-state index in [9.17, 15) is 13.2 Å². The molecule has 0 saturated carbocycles. The smallest absolute Gasteiger partial charge is 0.206 e. The van der Waals surface area contributed by atoms with Gasteiger partial charge in [-0.15, -0.1) is 0 Å². The van der Waals surface area contributed by atoms with Gasteiger partial charge in [0, 0.05) is 0 Å². The van der Waals surface area contributed by atoms with E-state index in [4.69, 9.17) is 0 Å². The minimum atomic E-state index is -2.24. The Kier molecular flexibility index (Phi) is 1.70. The minimum Gasteiger partial charge on any atom is -0.206 e. The maximum absolute atomic E-state index is 11.0. The van der Waals surface area contributed by atoms with Crippen LogP contribution in [0.15, 0.2) is 11.9 Å². The van der Waals surface area contributed by atoms with Gasteiger partial charge in [0.05, 0.1) is 0 Å². The van der Waals surface area contributed by atoms with Crippen molar-refractivity contribution in [1.82, 2.24) is 0 Å². The molecule has 0 atom stereocenters. The van der Waals surface area contributed by atoms with Gasteiger partial charge in [0.15, 0.2) is 5.83 Å². The molecule has 3 heteroatoms. The van der Waals surface area contributed by atoms with Crippen LogP contribution in [-0.2, 0) is 0 Å². The summed E-state index contributed by atoms with van der Waals surface area (Å²) >= 11 is 0. The molecule has 0 aromatic rings. The summed E-state index contributed by atoms with van der Waals surface area (Å²) in [6, 6.07) is 0. The lowest BCUT2D eigenvalue weighted by molar-refractivity contribution is 0.380. The summed E-state index contributed by atoms with van der Waals surface area (Å²) in [6.07, 6.45) is -2.24. The first-order chi connectivity index (χ1) is 2.64. The molecule has 0 heterocycles. The molecule has 6 heavy (non-hydrogen) atoms. The topological polar surface area (TPSA) is 0 Å². The third-order valence-electron chi connectivity index (χ3n) is 0.260. The second-order valence-corrected chi connectivity index (χ2v) is 0.794. The Hall–Kier alpha value is -0.470. The molecule has 0 aliphatic carbocycles. The third kappa shape index (κ3) is 1.81. The van der Waals surface area contributed by atoms with Gasteiger partial charge in [-0.1, -0.05) is 0 Å². The summed E-state index contributed by atoms with van der Waals surface area (Å²) in [5, 5.41) is 0. The van der Waals surface area contributed by atoms with Gasteiger partial charge < -0.3 is 0 Å². The van der Waals surface area contributed by atoms with Crippen LogP contribution in [0.5, 0.6) is 0 Å². The first-order valence-corrected chi connectivity index (χ1v) is 1.32. The predicted molar refractivity (Wildman–Crippen MR) is 16.0 cm³/mol. The van der Waals surface area contributed by atoms with Gasteiger partial charge in [-0.05, 0) is 6.92 Å². The Morgan fingerprint density at radius 3 is 1.33 bits per heavy atom. The van der Waals surface area contributed by atoms with Crippen molar-refractivity contribution < 1.29 is 13.2 Å². The van der Waals surface area contributed by atoms with E-state index >= 15 is 0 Å². The first-order valence-electron chi connectivity index (χ1n) is 1.32. The van der Waals surface area contributed by atoms with Crippen LogP contribution in [-0.4, -0.2) is 0 Å². The average Bonchev–Trinajstić information content (AvgIpc) is 1.36. The van der Waals surface area contributed by atoms with Crippen LogP contribution in [0.25, 0.3) is 0 Å². The Morgan fingerprint density at radius 2 is 1.33 bits per heavy atom. The molecule has 36 valence electrons. The van der Waals surface area contributed by atoms with Gasteiger partial charge in [-0.2, -0.15) is 8.78 Å². The SMILES string of the molecule is CC(F)=C(F)F. The molecule has 0 unspecified atom stereocenters. The molecule has 0 amide bonds. The fraction of sp³-hybridized carbons (Fsp3) is 0.333. The summed E-state index contributed by atoms with van der Waals surface area (Å²) in [5.74, 6) is -1.41. The van der Waals surface area contributed by atoms with Gasteiger partial charge in [0.1, 0.15) is 0 Å². The zero-order valence-corrected chi connectivity index (χ0v) is 3.13. The molecular weight excluding hydrogens is 93.0 g/mol. The summed E-state index contributed by atoms with van der Waals surface area (Å²) in [4.78, 5) is 0. The van der Waals surface area contributed by atoms with Crippen molar-refractivity contribution in [1.29, 1.82) is 0 Å². The van der Waals surface area contributed by atoms with Crippen LogP contribution in [0.3, 0.4) is 0 Å². The summed E-state index contributed by atoms with van der Waals surface area (Å²) in [7, 11) is 0. The molecule has 0 nitrogen and oxygen atoms in total. The number of halogens is 3. The van der Waals surface area contributed by atoms with Crippen molar-refractivity contribution in [3.05, 3.63) is 11.9 Å². The highest BCUT2D eigenvalue weighted by Gasteiger charge is 1.92. The maximum Gasteiger partial charge on any atom is 0.301 e. The van der Waals surface area contributed by atoms with Crippen LogP contribution in [0.2, 0.25) is 0 Å². The van der Waals surface area contributed by atoms with Crippen LogP contribution < -0.4 is 0 Å². The number of rotatable bonds is 0. The fourth-order valence-corrected chi connectivity index (χ4v) is 0. The summed E-state index contributed by atoms with van der Waals surface area (Å²) in [6.45, 7) is 0.704. The molecule has 0 aliphatic rings. The largest absolute Gasteiger partial charge is 0.301 e. The molecular formula is C3H3F3. The number of hydrogen-bond acceptors (Lipinski definition) is 0. The minimum absolute atomic E-state index is 0.704. The van der Waals surface area contributed by atoms with E-state index in [1.54, 1.807) is 0 Å². The molecule has 0 fully saturated rings. The summed E-state index contributed by atoms with van der Waals surface area (Å²) in [5.41, 5.74) is 0. The lowest BCUT2D eigenvalue weighted by Crippen LogP contribution is -1.59. The van der Waals surface area contributed by atoms with Crippen molar-refractivity contribution in [3.8, 4) is 0 Å². The average molecular weight is 96.1 g/mol. The monoisotopic (exact) mass is 96.0 g/mol. The maximum atomic E-state index is 11.0. The van der Waals surface area contributed by atoms with Crippen molar-refractivity contribution in [2.24, 2.45) is 0 Å². The highest BCUT2D eigenvalue weighted by Crippen LogP contribution is 2.05. The predicted octanol–water partition coefficient (Wildman–Crippen LogP) is 2.08. The Bertz CT molecular complexity index is 56.1. The van der Waals surface area contributed by atoms with E-state index < -0.39 is 11.9 Å². The lowest BCUT2D eigenvalue weighted by atomic mass is 10.7. The quantitative estimate of drug-likeness (QED) is 0.433. The van der Waals surface area contributed by atoms with Gasteiger partial charge in [0.2, 0.25) is 0 Å². The van der Waals surface area contributed by atoms with Crippen LogP contribution in [0.1, 0.15) is 6.92 Å². The van der Waals surface area contributed by atoms with Gasteiger partial charge in [-0.3, -0.25) is 0 Å². The molecule has 0 N–H and O–H groups in total. The molecule has 0 aromatic carbocycles. The van der Waals surface area contributed by atoms with E-state index in [0.29, 0.717) is 6.92 Å². The second kappa shape index (κ2) is 1.85. The van der Waals surface area contributed by atoms with Crippen LogP contribution in [0, 0.1) is 0 Å². The molecule has 0 saturated heterocycles. The molecule has 0 rings (SSSR count). The number of hydrogen-bond donors (Lipinski definition) is 0. The molecule has 0 aromatic heterocycles. The zero-order valence-electron chi connectivity index (χ0n) is 3.13. The van der Waals surface area contributed by atoms with Crippen molar-refractivity contribution in [2.75, 3.05) is 0 Å². The van der Waals surface area contributed by atoms with Crippen LogP contribution in [0.4, 0.5) is 13.2 Å². The molecule has 0 spiro atoms. The number of allylic oxidation sites excluding steroid dienone is 1. The Morgan fingerprint density at radius 1 is 1.17 bits per heavy atom. The van der Waals surface area contributed by atoms with E-state index in [0.717, 1.165) is 0 Å². The Balaban J connectivity index is 3.68. The molecule has 0 bridgehead atoms. The Labute approximate surface area is 33.3 Å². The van der Waals surface area contributed by atoms with Crippen LogP contribution >= 0.6 is 0 Å². The highest BCUT2D eigenvalue weighted by molar-refractivity contribution is 4.84. The highest BCUT2D eigenvalue weighted by atomic mass is 19.3. The van der Waals surface area contributed by atoms with Gasteiger partial charge in [0.25, 0.3) is 0 Å². The standard InChI is InChI=1S/C3H3F3/c1-2(4)3(5)6/h1H3. The third-order valence-corrected chi connectivity index (χ3v) is 0.260. The van der Waals surface area contributed by atoms with Gasteiger partial charge in [-0.25, -0.2) is 4.39 Å².